The number of hydrogen-bond acceptors (Lipinski definition) is 27. The predicted octanol–water partition coefficient (Wildman–Crippen LogP) is 13.6. The molecular formula is C95H97O27P. The normalized spacial score (nSPS) is 28.5. The van der Waals surface area contributed by atoms with Crippen LogP contribution in [-0.4, -0.2) is 198 Å². The second-order valence-electron chi connectivity index (χ2n) is 30.0. The van der Waals surface area contributed by atoms with Gasteiger partial charge in [0.2, 0.25) is 0 Å². The van der Waals surface area contributed by atoms with Crippen LogP contribution in [0.1, 0.15) is 131 Å². The Kier molecular flexibility index (Phi) is 30.8. The lowest BCUT2D eigenvalue weighted by Gasteiger charge is -2.53. The number of hydrogen-bond donors (Lipinski definition) is 0. The fourth-order valence-electron chi connectivity index (χ4n) is 15.3. The number of carbonyl (C=O) groups excluding carboxylic acids is 6. The van der Waals surface area contributed by atoms with Gasteiger partial charge in [-0.15, -0.1) is 0 Å². The summed E-state index contributed by atoms with van der Waals surface area (Å²) < 4.78 is 144. The number of rotatable bonds is 34. The molecule has 27 nitrogen and oxygen atoms in total. The van der Waals surface area contributed by atoms with Gasteiger partial charge in [-0.2, -0.15) is 0 Å². The van der Waals surface area contributed by atoms with Crippen LogP contribution in [0.5, 0.6) is 0 Å². The van der Waals surface area contributed by atoms with Crippen molar-refractivity contribution in [3.63, 3.8) is 0 Å². The van der Waals surface area contributed by atoms with E-state index in [1.54, 1.807) is 170 Å². The molecule has 6 saturated heterocycles. The summed E-state index contributed by atoms with van der Waals surface area (Å²) in [6.45, 7) is 3.16. The Morgan fingerprint density at radius 1 is 0.317 bits per heavy atom. The van der Waals surface area contributed by atoms with Crippen LogP contribution in [0.4, 0.5) is 0 Å². The maximum absolute atomic E-state index is 15.6. The zero-order valence-corrected chi connectivity index (χ0v) is 68.7. The molecule has 15 rings (SSSR count). The molecule has 0 N–H and O–H groups in total. The van der Waals surface area contributed by atoms with Crippen molar-refractivity contribution < 1.29 is 128 Å². The van der Waals surface area contributed by atoms with Crippen molar-refractivity contribution in [2.75, 3.05) is 39.6 Å². The summed E-state index contributed by atoms with van der Waals surface area (Å²) in [7, 11) is 2.25. The summed E-state index contributed by atoms with van der Waals surface area (Å²) in [5.74, 6) is -5.46. The lowest BCUT2D eigenvalue weighted by molar-refractivity contribution is -0.410. The molecule has 6 fully saturated rings. The van der Waals surface area contributed by atoms with Crippen LogP contribution >= 0.6 is 9.47 Å². The summed E-state index contributed by atoms with van der Waals surface area (Å²) in [5.41, 5.74) is 2.40. The van der Waals surface area contributed by atoms with Crippen molar-refractivity contribution in [3.05, 3.63) is 323 Å². The zero-order chi connectivity index (χ0) is 84.8. The Labute approximate surface area is 714 Å². The largest absolute Gasteiger partial charge is 0.452 e. The molecule has 644 valence electrons. The van der Waals surface area contributed by atoms with E-state index in [2.05, 4.69) is 9.47 Å². The molecule has 23 atom stereocenters. The molecule has 0 saturated carbocycles. The van der Waals surface area contributed by atoms with Crippen LogP contribution in [0.25, 0.3) is 0 Å². The average molecular weight is 1700 g/mol. The van der Waals surface area contributed by atoms with Gasteiger partial charge in [0.25, 0.3) is 0 Å². The highest BCUT2D eigenvalue weighted by Gasteiger charge is 2.63. The van der Waals surface area contributed by atoms with Gasteiger partial charge in [-0.25, -0.2) is 28.8 Å². The molecule has 6 heterocycles. The number of ether oxygens (including phenoxy) is 20. The van der Waals surface area contributed by atoms with Gasteiger partial charge in [-0.3, -0.25) is 0 Å². The van der Waals surface area contributed by atoms with Crippen molar-refractivity contribution in [1.82, 2.24) is 0 Å². The predicted molar refractivity (Wildman–Crippen MR) is 440 cm³/mol. The van der Waals surface area contributed by atoms with Gasteiger partial charge in [0, 0.05) is 33.8 Å². The molecule has 9 aromatic rings. The molecule has 0 spiro atoms. The minimum atomic E-state index is -2.02. The van der Waals surface area contributed by atoms with Crippen LogP contribution in [0.2, 0.25) is 0 Å². The van der Waals surface area contributed by atoms with E-state index in [-0.39, 0.29) is 79.6 Å². The second-order valence-corrected chi connectivity index (χ2v) is 30.3. The van der Waals surface area contributed by atoms with Gasteiger partial charge in [-0.05, 0) is 91.2 Å². The molecule has 0 radical (unpaired) electrons. The van der Waals surface area contributed by atoms with Gasteiger partial charge in [0.15, 0.2) is 74.4 Å². The first-order valence-electron chi connectivity index (χ1n) is 41.3. The van der Waals surface area contributed by atoms with E-state index in [1.165, 1.54) is 36.4 Å². The first kappa shape index (κ1) is 87.5. The van der Waals surface area contributed by atoms with E-state index in [4.69, 9.17) is 99.3 Å². The molecular weight excluding hydrogens is 1600 g/mol. The summed E-state index contributed by atoms with van der Waals surface area (Å²) >= 11 is 0. The number of unbranched alkanes of at least 4 members (excludes halogenated alkanes) is 2. The SMILES string of the molecule is CCCCOCC1OC(OCc2ccccc2)C(OC(=O)c2ccccc2)C(OC(=O)c2ccccc2)C1OC1OC2COC(c3ccccc3)OC2C(OC2OC(COCCCC)C(OC3OC4COC(c5ccccc5)OC4C(OP)C3OC(=O)c3ccccc3)C(OC(=O)c3ccccc3)C2OC(=O)c2ccccc2)C1OC(=O)c1ccccc1. The fourth-order valence-corrected chi connectivity index (χ4v) is 15.6. The number of esters is 6. The summed E-state index contributed by atoms with van der Waals surface area (Å²) in [6.07, 6.45) is -31.5. The fraction of sp³-hybridized carbons (Fsp3) is 0.368. The maximum atomic E-state index is 15.6. The summed E-state index contributed by atoms with van der Waals surface area (Å²) in [6, 6.07) is 76.0. The Bertz CT molecular complexity index is 4810. The third kappa shape index (κ3) is 22.1. The van der Waals surface area contributed by atoms with E-state index < -0.39 is 171 Å². The van der Waals surface area contributed by atoms with Crippen molar-refractivity contribution in [1.29, 1.82) is 0 Å². The summed E-state index contributed by atoms with van der Waals surface area (Å²) in [5, 5.41) is 0. The van der Waals surface area contributed by atoms with Gasteiger partial charge in [0.05, 0.1) is 66.4 Å². The van der Waals surface area contributed by atoms with Crippen LogP contribution in [-0.2, 0) is 106 Å². The maximum Gasteiger partial charge on any atom is 0.338 e. The Morgan fingerprint density at radius 3 is 0.951 bits per heavy atom. The molecule has 0 aromatic heterocycles. The molecule has 0 aliphatic carbocycles. The van der Waals surface area contributed by atoms with Crippen LogP contribution in [0.3, 0.4) is 0 Å². The Hall–Kier alpha value is -10.4. The van der Waals surface area contributed by atoms with E-state index in [0.717, 1.165) is 6.42 Å². The summed E-state index contributed by atoms with van der Waals surface area (Å²) in [4.78, 5) is 91.5. The van der Waals surface area contributed by atoms with Crippen molar-refractivity contribution in [3.8, 4) is 0 Å². The van der Waals surface area contributed by atoms with Crippen molar-refractivity contribution in [2.24, 2.45) is 0 Å². The smallest absolute Gasteiger partial charge is 0.338 e. The highest BCUT2D eigenvalue weighted by Crippen LogP contribution is 2.45. The van der Waals surface area contributed by atoms with E-state index >= 15 is 19.2 Å². The van der Waals surface area contributed by atoms with Crippen molar-refractivity contribution in [2.45, 2.75) is 182 Å². The Morgan fingerprint density at radius 2 is 0.602 bits per heavy atom. The highest BCUT2D eigenvalue weighted by molar-refractivity contribution is 7.09. The molecule has 0 bridgehead atoms. The lowest BCUT2D eigenvalue weighted by atomic mass is 9.94. The quantitative estimate of drug-likeness (QED) is 0.0157. The zero-order valence-electron chi connectivity index (χ0n) is 67.6. The molecule has 9 aromatic carbocycles. The molecule has 6 aliphatic heterocycles. The van der Waals surface area contributed by atoms with Gasteiger partial charge in [0.1, 0.15) is 61.0 Å². The Balaban J connectivity index is 0.884. The lowest BCUT2D eigenvalue weighted by Crippen LogP contribution is -2.70. The molecule has 6 aliphatic rings. The number of benzene rings is 9. The highest BCUT2D eigenvalue weighted by atomic mass is 31.0. The van der Waals surface area contributed by atoms with E-state index in [9.17, 15) is 9.59 Å². The topological polar surface area (TPSA) is 296 Å². The third-order valence-corrected chi connectivity index (χ3v) is 21.9. The molecule has 123 heavy (non-hydrogen) atoms. The monoisotopic (exact) mass is 1700 g/mol. The molecule has 0 amide bonds. The van der Waals surface area contributed by atoms with Crippen molar-refractivity contribution >= 4 is 45.3 Å². The average Bonchev–Trinajstić information content (AvgIpc) is 0.743. The second kappa shape index (κ2) is 43.3. The van der Waals surface area contributed by atoms with Crippen LogP contribution < -0.4 is 0 Å². The number of carbonyl (C=O) groups is 6. The standard InChI is InChI=1S/C95H97O27P/c1-3-5-52-102-55-68-72(76(111-84(96)60-36-18-8-19-37-60)80(113-86(98)62-40-22-10-23-41-62)92(107-68)104-54-59-34-16-7-17-35-59)119-93-82(115-88(100)64-44-26-12-27-45-64)78(74-70(109-93)57-105-90(117-74)66-48-30-14-31-49-66)121-94-81(114-87(99)63-42-24-11-25-43-63)77(112-85(97)61-38-20-9-21-39-61)73(69(108-94)56-103-53-6-4-2)120-95-83(116-89(101)65-46-28-13-29-47-65)79(122-123)75-71(110-95)58-106-91(118-75)67-50-32-15-33-51-67/h7-51,68-83,90-95H,3-6,52-58,123H2,1-2H3. The van der Waals surface area contributed by atoms with Gasteiger partial charge < -0.3 is 99.3 Å². The van der Waals surface area contributed by atoms with Crippen LogP contribution in [0.15, 0.2) is 273 Å². The van der Waals surface area contributed by atoms with Gasteiger partial charge >= 0.3 is 35.8 Å². The first-order valence-corrected chi connectivity index (χ1v) is 41.8. The first-order chi connectivity index (χ1) is 60.4. The van der Waals surface area contributed by atoms with Gasteiger partial charge in [-0.1, -0.05) is 227 Å². The number of fused-ring (bicyclic) bond motifs is 2. The van der Waals surface area contributed by atoms with E-state index in [1.807, 2.05) is 80.6 Å². The van der Waals surface area contributed by atoms with E-state index in [0.29, 0.717) is 36.0 Å². The molecule has 28 heteroatoms. The van der Waals surface area contributed by atoms with Crippen LogP contribution in [0, 0.1) is 0 Å². The third-order valence-electron chi connectivity index (χ3n) is 21.5. The minimum absolute atomic E-state index is 0.0200. The molecule has 23 unspecified atom stereocenters. The minimum Gasteiger partial charge on any atom is -0.452 e.